The molecule has 6 heteroatoms. The lowest BCUT2D eigenvalue weighted by Gasteiger charge is -2.18. The average Bonchev–Trinajstić information content (AvgIpc) is 3.37. The Morgan fingerprint density at radius 1 is 0.296 bits per heavy atom. The molecule has 0 aliphatic heterocycles. The first-order valence-corrected chi connectivity index (χ1v) is 29.4. The van der Waals surface area contributed by atoms with E-state index < -0.39 is 6.10 Å². The third-order valence-electron chi connectivity index (χ3n) is 12.2. The van der Waals surface area contributed by atoms with Crippen molar-refractivity contribution in [3.8, 4) is 0 Å². The van der Waals surface area contributed by atoms with E-state index in [9.17, 15) is 14.4 Å². The van der Waals surface area contributed by atoms with Gasteiger partial charge < -0.3 is 14.2 Å². The maximum absolute atomic E-state index is 12.9. The van der Waals surface area contributed by atoms with Crippen LogP contribution in [-0.2, 0) is 28.6 Å². The number of esters is 3. The van der Waals surface area contributed by atoms with Crippen LogP contribution in [0.3, 0.4) is 0 Å². The van der Waals surface area contributed by atoms with Gasteiger partial charge in [0.15, 0.2) is 6.10 Å². The number of unbranched alkanes of at least 4 members (excludes halogenated alkanes) is 23. The summed E-state index contributed by atoms with van der Waals surface area (Å²) in [7, 11) is 0. The number of hydrogen-bond acceptors (Lipinski definition) is 6. The van der Waals surface area contributed by atoms with Crippen LogP contribution in [0.15, 0.2) is 109 Å². The average molecular weight is 986 g/mol. The van der Waals surface area contributed by atoms with E-state index in [4.69, 9.17) is 14.2 Å². The lowest BCUT2D eigenvalue weighted by atomic mass is 10.1. The van der Waals surface area contributed by atoms with E-state index in [1.165, 1.54) is 96.3 Å². The van der Waals surface area contributed by atoms with Crippen LogP contribution in [0.25, 0.3) is 0 Å². The van der Waals surface area contributed by atoms with Gasteiger partial charge in [0.25, 0.3) is 0 Å². The molecule has 0 N–H and O–H groups in total. The molecule has 71 heavy (non-hydrogen) atoms. The monoisotopic (exact) mass is 985 g/mol. The fourth-order valence-corrected chi connectivity index (χ4v) is 7.82. The maximum atomic E-state index is 12.9. The number of ether oxygens (including phenoxy) is 3. The van der Waals surface area contributed by atoms with E-state index in [0.717, 1.165) is 128 Å². The first kappa shape index (κ1) is 67.1. The zero-order chi connectivity index (χ0) is 51.4. The Morgan fingerprint density at radius 3 is 0.873 bits per heavy atom. The summed E-state index contributed by atoms with van der Waals surface area (Å²) in [5.41, 5.74) is 0. The summed E-state index contributed by atoms with van der Waals surface area (Å²) < 4.78 is 16.8. The number of carbonyl (C=O) groups is 3. The summed E-state index contributed by atoms with van der Waals surface area (Å²) >= 11 is 0. The lowest BCUT2D eigenvalue weighted by molar-refractivity contribution is -0.167. The van der Waals surface area contributed by atoms with E-state index in [-0.39, 0.29) is 31.1 Å². The van der Waals surface area contributed by atoms with Crippen molar-refractivity contribution in [2.45, 2.75) is 271 Å². The maximum Gasteiger partial charge on any atom is 0.306 e. The van der Waals surface area contributed by atoms with E-state index in [2.05, 4.69) is 130 Å². The van der Waals surface area contributed by atoms with Gasteiger partial charge in [0.1, 0.15) is 13.2 Å². The molecule has 0 spiro atoms. The van der Waals surface area contributed by atoms with Crippen molar-refractivity contribution >= 4 is 17.9 Å². The molecule has 1 atom stereocenters. The summed E-state index contributed by atoms with van der Waals surface area (Å²) in [5.74, 6) is -0.950. The standard InChI is InChI=1S/C65H108O6/c1-4-7-10-13-16-19-22-25-28-30-32-34-37-40-43-46-49-52-55-58-64(67)70-61-62(60-69-63(66)57-54-51-48-45-42-39-36-27-24-21-18-15-12-9-6-3)71-65(68)59-56-53-50-47-44-41-38-35-33-31-29-26-23-20-17-14-11-8-5-2/h9,12,16-21,25-29,32,34,36,40,43,62H,4-8,10-11,13-15,22-24,30-31,33,35,37-39,41-42,44-61H2,1-3H3/b12-9-,19-16-,20-17-,21-18-,28-25-,29-26-,34-32-,36-27-,43-40-/t62-/m1/s1. The highest BCUT2D eigenvalue weighted by molar-refractivity contribution is 5.71. The molecule has 0 saturated heterocycles. The highest BCUT2D eigenvalue weighted by Crippen LogP contribution is 2.14. The molecule has 0 aliphatic carbocycles. The van der Waals surface area contributed by atoms with Gasteiger partial charge in [-0.3, -0.25) is 14.4 Å². The number of allylic oxidation sites excluding steroid dienone is 18. The second-order valence-electron chi connectivity index (χ2n) is 19.2. The van der Waals surface area contributed by atoms with Crippen molar-refractivity contribution in [1.29, 1.82) is 0 Å². The summed E-state index contributed by atoms with van der Waals surface area (Å²) in [6.45, 7) is 6.44. The molecule has 0 rings (SSSR count). The molecule has 0 bridgehead atoms. The minimum Gasteiger partial charge on any atom is -0.462 e. The smallest absolute Gasteiger partial charge is 0.306 e. The minimum absolute atomic E-state index is 0.100. The molecule has 0 aliphatic rings. The molecule has 0 aromatic carbocycles. The zero-order valence-corrected chi connectivity index (χ0v) is 46.2. The first-order valence-electron chi connectivity index (χ1n) is 29.4. The number of rotatable bonds is 52. The summed E-state index contributed by atoms with van der Waals surface area (Å²) in [4.78, 5) is 38.2. The minimum atomic E-state index is -0.804. The van der Waals surface area contributed by atoms with Crippen molar-refractivity contribution in [3.05, 3.63) is 109 Å². The van der Waals surface area contributed by atoms with E-state index in [1.54, 1.807) is 0 Å². The van der Waals surface area contributed by atoms with Crippen LogP contribution in [0.1, 0.15) is 265 Å². The van der Waals surface area contributed by atoms with Crippen molar-refractivity contribution in [1.82, 2.24) is 0 Å². The van der Waals surface area contributed by atoms with E-state index >= 15 is 0 Å². The van der Waals surface area contributed by atoms with Gasteiger partial charge in [0.05, 0.1) is 0 Å². The molecule has 0 aromatic rings. The third kappa shape index (κ3) is 56.9. The van der Waals surface area contributed by atoms with E-state index in [1.807, 2.05) is 0 Å². The Labute approximate surface area is 438 Å². The summed E-state index contributed by atoms with van der Waals surface area (Å²) in [5, 5.41) is 0. The fraction of sp³-hybridized carbons (Fsp3) is 0.677. The Bertz CT molecular complexity index is 1460. The van der Waals surface area contributed by atoms with Gasteiger partial charge in [0, 0.05) is 19.3 Å². The van der Waals surface area contributed by atoms with Gasteiger partial charge in [-0.2, -0.15) is 0 Å². The highest BCUT2D eigenvalue weighted by atomic mass is 16.6. The molecule has 0 amide bonds. The molecule has 6 nitrogen and oxygen atoms in total. The van der Waals surface area contributed by atoms with Crippen LogP contribution in [0.2, 0.25) is 0 Å². The van der Waals surface area contributed by atoms with E-state index in [0.29, 0.717) is 19.3 Å². The lowest BCUT2D eigenvalue weighted by Crippen LogP contribution is -2.30. The van der Waals surface area contributed by atoms with Crippen LogP contribution in [0, 0.1) is 0 Å². The Kier molecular flexibility index (Phi) is 55.4. The van der Waals surface area contributed by atoms with Crippen molar-refractivity contribution in [2.24, 2.45) is 0 Å². The summed E-state index contributed by atoms with van der Waals surface area (Å²) in [6.07, 6.45) is 79.3. The predicted octanol–water partition coefficient (Wildman–Crippen LogP) is 19.9. The second kappa shape index (κ2) is 58.6. The molecule has 0 saturated carbocycles. The van der Waals surface area contributed by atoms with Gasteiger partial charge in [-0.1, -0.05) is 226 Å². The molecular formula is C65H108O6. The Morgan fingerprint density at radius 2 is 0.549 bits per heavy atom. The van der Waals surface area contributed by atoms with Crippen molar-refractivity contribution in [2.75, 3.05) is 13.2 Å². The quantitative estimate of drug-likeness (QED) is 0.0261. The number of carbonyl (C=O) groups excluding carboxylic acids is 3. The normalized spacial score (nSPS) is 12.9. The molecule has 0 fully saturated rings. The Hall–Kier alpha value is -3.93. The molecule has 0 heterocycles. The van der Waals surface area contributed by atoms with Gasteiger partial charge >= 0.3 is 17.9 Å². The highest BCUT2D eigenvalue weighted by Gasteiger charge is 2.19. The number of hydrogen-bond donors (Lipinski definition) is 0. The second-order valence-corrected chi connectivity index (χ2v) is 19.2. The van der Waals surface area contributed by atoms with Crippen LogP contribution >= 0.6 is 0 Å². The molecule has 0 aromatic heterocycles. The SMILES string of the molecule is CC/C=C\C/C=C\C/C=C\CCCCCCCC(=O)OC[C@H](COC(=O)CCCCC/C=C\C/C=C\C/C=C\C/C=C\CCCCC)OC(=O)CCCCCCCCCCC/C=C\C/C=C\CCCCC. The first-order chi connectivity index (χ1) is 35.0. The van der Waals surface area contributed by atoms with Crippen LogP contribution in [0.5, 0.6) is 0 Å². The molecular weight excluding hydrogens is 877 g/mol. The predicted molar refractivity (Wildman–Crippen MR) is 307 cm³/mol. The van der Waals surface area contributed by atoms with Gasteiger partial charge in [-0.15, -0.1) is 0 Å². The van der Waals surface area contributed by atoms with Gasteiger partial charge in [0.2, 0.25) is 0 Å². The molecule has 0 unspecified atom stereocenters. The zero-order valence-electron chi connectivity index (χ0n) is 46.2. The molecule has 404 valence electrons. The molecule has 0 radical (unpaired) electrons. The summed E-state index contributed by atoms with van der Waals surface area (Å²) in [6, 6.07) is 0. The fourth-order valence-electron chi connectivity index (χ4n) is 7.82. The van der Waals surface area contributed by atoms with Crippen LogP contribution < -0.4 is 0 Å². The topological polar surface area (TPSA) is 78.9 Å². The van der Waals surface area contributed by atoms with Gasteiger partial charge in [-0.05, 0) is 128 Å². The largest absolute Gasteiger partial charge is 0.462 e. The third-order valence-corrected chi connectivity index (χ3v) is 12.2. The van der Waals surface area contributed by atoms with Gasteiger partial charge in [-0.25, -0.2) is 0 Å². The van der Waals surface area contributed by atoms with Crippen molar-refractivity contribution < 1.29 is 28.6 Å². The Balaban J connectivity index is 4.48. The van der Waals surface area contributed by atoms with Crippen LogP contribution in [0.4, 0.5) is 0 Å². The van der Waals surface area contributed by atoms with Crippen LogP contribution in [-0.4, -0.2) is 37.2 Å². The van der Waals surface area contributed by atoms with Crippen molar-refractivity contribution in [3.63, 3.8) is 0 Å².